The lowest BCUT2D eigenvalue weighted by atomic mass is 9.66. The highest BCUT2D eigenvalue weighted by molar-refractivity contribution is 6.69. The number of fused-ring (bicyclic) bond motifs is 1. The van der Waals surface area contributed by atoms with Crippen LogP contribution in [0.25, 0.3) is 0 Å². The summed E-state index contributed by atoms with van der Waals surface area (Å²) in [6.07, 6.45) is 8.13. The Kier molecular flexibility index (Phi) is 3.95. The van der Waals surface area contributed by atoms with Gasteiger partial charge in [-0.05, 0) is 57.3 Å². The van der Waals surface area contributed by atoms with Crippen molar-refractivity contribution in [2.24, 2.45) is 5.41 Å². The molecule has 2 aliphatic carbocycles. The number of nitrogens with zero attached hydrogens (tertiary/aromatic N) is 1. The van der Waals surface area contributed by atoms with Crippen LogP contribution >= 0.6 is 0 Å². The van der Waals surface area contributed by atoms with Crippen molar-refractivity contribution in [3.05, 3.63) is 35.4 Å². The van der Waals surface area contributed by atoms with Crippen LogP contribution in [-0.2, 0) is 16.4 Å². The molecule has 1 aromatic rings. The van der Waals surface area contributed by atoms with Gasteiger partial charge in [-0.1, -0.05) is 37.1 Å². The third-order valence-corrected chi connectivity index (χ3v) is 6.34. The van der Waals surface area contributed by atoms with E-state index in [1.807, 2.05) is 0 Å². The molecule has 1 fully saturated rings. The average Bonchev–Trinajstić information content (AvgIpc) is 2.90. The molecule has 2 nitrogen and oxygen atoms in total. The van der Waals surface area contributed by atoms with Crippen molar-refractivity contribution >= 4 is 8.32 Å². The van der Waals surface area contributed by atoms with Gasteiger partial charge in [0.25, 0.3) is 0 Å². The normalized spacial score (nSPS) is 27.2. The lowest BCUT2D eigenvalue weighted by molar-refractivity contribution is -0.0287. The second-order valence-electron chi connectivity index (χ2n) is 8.01. The Morgan fingerprint density at radius 2 is 1.68 bits per heavy atom. The number of rotatable bonds is 2. The van der Waals surface area contributed by atoms with Crippen LogP contribution in [0.15, 0.2) is 24.3 Å². The van der Waals surface area contributed by atoms with Crippen LogP contribution in [0.2, 0.25) is 19.6 Å². The lowest BCUT2D eigenvalue weighted by Gasteiger charge is -2.47. The Labute approximate surface area is 135 Å². The van der Waals surface area contributed by atoms with E-state index in [2.05, 4.69) is 50.0 Å². The zero-order valence-corrected chi connectivity index (χ0v) is 15.1. The summed E-state index contributed by atoms with van der Waals surface area (Å²) >= 11 is 0. The SMILES string of the molecule is C[Si](C)(C)OC1(C#N)c2ccccc2CCCC12CCCC2. The van der Waals surface area contributed by atoms with E-state index in [0.717, 1.165) is 25.7 Å². The zero-order chi connectivity index (χ0) is 15.8. The molecular formula is C19H27NOSi. The molecule has 0 aliphatic heterocycles. The number of hydrogen-bond donors (Lipinski definition) is 0. The molecule has 0 aromatic heterocycles. The minimum atomic E-state index is -1.84. The Bertz CT molecular complexity index is 592. The highest BCUT2D eigenvalue weighted by Gasteiger charge is 2.57. The second kappa shape index (κ2) is 5.51. The first-order valence-corrected chi connectivity index (χ1v) is 12.0. The van der Waals surface area contributed by atoms with E-state index in [4.69, 9.17) is 4.43 Å². The maximum absolute atomic E-state index is 10.3. The van der Waals surface area contributed by atoms with Gasteiger partial charge in [0, 0.05) is 11.0 Å². The van der Waals surface area contributed by atoms with E-state index in [0.29, 0.717) is 0 Å². The van der Waals surface area contributed by atoms with Crippen LogP contribution in [0.5, 0.6) is 0 Å². The molecule has 1 aromatic carbocycles. The minimum Gasteiger partial charge on any atom is -0.396 e. The molecule has 0 saturated heterocycles. The van der Waals surface area contributed by atoms with Gasteiger partial charge in [-0.25, -0.2) is 0 Å². The van der Waals surface area contributed by atoms with Gasteiger partial charge >= 0.3 is 0 Å². The van der Waals surface area contributed by atoms with Crippen molar-refractivity contribution in [2.45, 2.75) is 70.2 Å². The second-order valence-corrected chi connectivity index (χ2v) is 12.4. The van der Waals surface area contributed by atoms with Crippen LogP contribution in [-0.4, -0.2) is 8.32 Å². The van der Waals surface area contributed by atoms with Crippen molar-refractivity contribution in [2.75, 3.05) is 0 Å². The average molecular weight is 314 g/mol. The van der Waals surface area contributed by atoms with E-state index >= 15 is 0 Å². The minimum absolute atomic E-state index is 0.0225. The van der Waals surface area contributed by atoms with Crippen LogP contribution in [0.3, 0.4) is 0 Å². The van der Waals surface area contributed by atoms with Gasteiger partial charge in [0.1, 0.15) is 6.07 Å². The summed E-state index contributed by atoms with van der Waals surface area (Å²) in [5, 5.41) is 10.3. The number of nitriles is 1. The molecule has 1 unspecified atom stereocenters. The van der Waals surface area contributed by atoms with Gasteiger partial charge in [0.15, 0.2) is 13.9 Å². The van der Waals surface area contributed by atoms with Gasteiger partial charge in [0.2, 0.25) is 0 Å². The predicted octanol–water partition coefficient (Wildman–Crippen LogP) is 5.15. The standard InChI is InChI=1S/C19H27NOSi/c1-22(2,3)21-19(15-20)17-11-5-4-9-16(17)10-8-14-18(19)12-6-7-13-18/h4-5,9,11H,6-8,10,12-14H2,1-3H3. The fourth-order valence-electron chi connectivity index (χ4n) is 4.64. The van der Waals surface area contributed by atoms with Crippen molar-refractivity contribution in [3.8, 4) is 6.07 Å². The van der Waals surface area contributed by atoms with Crippen molar-refractivity contribution in [1.82, 2.24) is 0 Å². The van der Waals surface area contributed by atoms with Gasteiger partial charge in [-0.2, -0.15) is 5.26 Å². The molecule has 0 amide bonds. The largest absolute Gasteiger partial charge is 0.396 e. The summed E-state index contributed by atoms with van der Waals surface area (Å²) in [4.78, 5) is 0. The van der Waals surface area contributed by atoms with E-state index < -0.39 is 13.9 Å². The molecule has 2 aliphatic rings. The molecule has 1 saturated carbocycles. The van der Waals surface area contributed by atoms with Crippen LogP contribution in [0.4, 0.5) is 0 Å². The van der Waals surface area contributed by atoms with Gasteiger partial charge in [-0.3, -0.25) is 0 Å². The van der Waals surface area contributed by atoms with Crippen LogP contribution < -0.4 is 0 Å². The van der Waals surface area contributed by atoms with Crippen molar-refractivity contribution in [3.63, 3.8) is 0 Å². The molecule has 0 bridgehead atoms. The number of aryl methyl sites for hydroxylation is 1. The first kappa shape index (κ1) is 15.8. The molecular weight excluding hydrogens is 286 g/mol. The summed E-state index contributed by atoms with van der Waals surface area (Å²) in [6, 6.07) is 11.2. The summed E-state index contributed by atoms with van der Waals surface area (Å²) in [7, 11) is -1.84. The highest BCUT2D eigenvalue weighted by atomic mass is 28.4. The van der Waals surface area contributed by atoms with Gasteiger partial charge < -0.3 is 4.43 Å². The monoisotopic (exact) mass is 313 g/mol. The molecule has 1 spiro atoms. The summed E-state index contributed by atoms with van der Waals surface area (Å²) in [5.41, 5.74) is 1.78. The smallest absolute Gasteiger partial charge is 0.186 e. The molecule has 3 heteroatoms. The first-order valence-electron chi connectivity index (χ1n) is 8.62. The van der Waals surface area contributed by atoms with Crippen molar-refractivity contribution in [1.29, 1.82) is 5.26 Å². The van der Waals surface area contributed by atoms with Crippen molar-refractivity contribution < 1.29 is 4.43 Å². The molecule has 0 radical (unpaired) electrons. The first-order chi connectivity index (χ1) is 10.4. The number of hydrogen-bond acceptors (Lipinski definition) is 2. The Hall–Kier alpha value is -1.11. The van der Waals surface area contributed by atoms with Crippen LogP contribution in [0, 0.1) is 16.7 Å². The molecule has 118 valence electrons. The fraction of sp³-hybridized carbons (Fsp3) is 0.632. The van der Waals surface area contributed by atoms with E-state index in [9.17, 15) is 5.26 Å². The summed E-state index contributed by atoms with van der Waals surface area (Å²) in [6.45, 7) is 6.63. The highest BCUT2D eigenvalue weighted by Crippen LogP contribution is 2.58. The van der Waals surface area contributed by atoms with Gasteiger partial charge in [-0.15, -0.1) is 0 Å². The summed E-state index contributed by atoms with van der Waals surface area (Å²) < 4.78 is 6.74. The maximum atomic E-state index is 10.3. The Morgan fingerprint density at radius 3 is 2.32 bits per heavy atom. The lowest BCUT2D eigenvalue weighted by Crippen LogP contribution is -2.50. The number of benzene rings is 1. The third kappa shape index (κ3) is 2.43. The van der Waals surface area contributed by atoms with Gasteiger partial charge in [0.05, 0.1) is 0 Å². The Morgan fingerprint density at radius 1 is 1.05 bits per heavy atom. The molecule has 0 N–H and O–H groups in total. The predicted molar refractivity (Wildman–Crippen MR) is 92.0 cm³/mol. The molecule has 0 heterocycles. The summed E-state index contributed by atoms with van der Waals surface area (Å²) in [5.74, 6) is 0. The van der Waals surface area contributed by atoms with E-state index in [1.165, 1.54) is 30.4 Å². The molecule has 1 atom stereocenters. The third-order valence-electron chi connectivity index (χ3n) is 5.42. The molecule has 22 heavy (non-hydrogen) atoms. The zero-order valence-electron chi connectivity index (χ0n) is 14.1. The quantitative estimate of drug-likeness (QED) is 0.707. The molecule has 3 rings (SSSR count). The maximum Gasteiger partial charge on any atom is 0.186 e. The Balaban J connectivity index is 2.23. The van der Waals surface area contributed by atoms with Crippen LogP contribution in [0.1, 0.15) is 49.7 Å². The topological polar surface area (TPSA) is 33.0 Å². The fourth-order valence-corrected chi connectivity index (χ4v) is 5.93. The van der Waals surface area contributed by atoms with E-state index in [1.54, 1.807) is 0 Å². The van der Waals surface area contributed by atoms with E-state index in [-0.39, 0.29) is 5.41 Å².